The van der Waals surface area contributed by atoms with Gasteiger partial charge in [-0.15, -0.1) is 0 Å². The Balaban J connectivity index is 2.48. The number of carbonyl (C=O) groups excluding carboxylic acids is 2. The van der Waals surface area contributed by atoms with Crippen LogP contribution in [0.15, 0.2) is 46.9 Å². The van der Waals surface area contributed by atoms with Crippen molar-refractivity contribution in [3.63, 3.8) is 0 Å². The second kappa shape index (κ2) is 13.0. The van der Waals surface area contributed by atoms with Crippen LogP contribution in [-0.2, 0) is 26.2 Å². The van der Waals surface area contributed by atoms with Crippen LogP contribution in [0.2, 0.25) is 0 Å². The van der Waals surface area contributed by atoms with Gasteiger partial charge in [-0.25, -0.2) is 8.42 Å². The predicted molar refractivity (Wildman–Crippen MR) is 144 cm³/mol. The van der Waals surface area contributed by atoms with Crippen molar-refractivity contribution in [2.24, 2.45) is 0 Å². The molecule has 198 valence electrons. The summed E-state index contributed by atoms with van der Waals surface area (Å²) in [5.74, 6) is -0.205. The highest BCUT2D eigenvalue weighted by Gasteiger charge is 2.31. The van der Waals surface area contributed by atoms with Crippen molar-refractivity contribution < 1.29 is 27.5 Å². The van der Waals surface area contributed by atoms with Crippen molar-refractivity contribution in [3.05, 3.63) is 52.5 Å². The summed E-state index contributed by atoms with van der Waals surface area (Å²) in [6, 6.07) is 11.1. The summed E-state index contributed by atoms with van der Waals surface area (Å²) in [5, 5.41) is 2.90. The molecule has 2 aromatic rings. The summed E-state index contributed by atoms with van der Waals surface area (Å²) in [6.45, 7) is 5.04. The average Bonchev–Trinajstić information content (AvgIpc) is 2.84. The third-order valence-corrected chi connectivity index (χ3v) is 7.36. The average molecular weight is 585 g/mol. The van der Waals surface area contributed by atoms with Crippen LogP contribution in [-0.4, -0.2) is 64.2 Å². The molecule has 2 atom stereocenters. The Morgan fingerprint density at radius 3 is 2.33 bits per heavy atom. The first-order chi connectivity index (χ1) is 16.9. The number of nitrogens with zero attached hydrogens (tertiary/aromatic N) is 2. The molecular weight excluding hydrogens is 550 g/mol. The van der Waals surface area contributed by atoms with Crippen LogP contribution in [0.25, 0.3) is 0 Å². The third-order valence-electron chi connectivity index (χ3n) is 5.74. The first-order valence-electron chi connectivity index (χ1n) is 11.4. The van der Waals surface area contributed by atoms with Gasteiger partial charge in [0.25, 0.3) is 0 Å². The zero-order valence-electron chi connectivity index (χ0n) is 21.4. The number of methoxy groups -OCH3 is 2. The molecule has 0 aliphatic carbocycles. The van der Waals surface area contributed by atoms with E-state index >= 15 is 0 Å². The van der Waals surface area contributed by atoms with Gasteiger partial charge in [0.05, 0.1) is 26.2 Å². The number of ether oxygens (including phenoxy) is 2. The first-order valence-corrected chi connectivity index (χ1v) is 14.1. The minimum atomic E-state index is -3.91. The molecule has 2 aromatic carbocycles. The summed E-state index contributed by atoms with van der Waals surface area (Å²) in [4.78, 5) is 28.0. The van der Waals surface area contributed by atoms with Gasteiger partial charge in [0.15, 0.2) is 0 Å². The van der Waals surface area contributed by atoms with Crippen LogP contribution in [0, 0.1) is 0 Å². The molecule has 2 amide bonds. The fraction of sp³-hybridized carbons (Fsp3) is 0.440. The molecule has 9 nitrogen and oxygen atoms in total. The Labute approximate surface area is 221 Å². The smallest absolute Gasteiger partial charge is 0.244 e. The molecule has 0 aromatic heterocycles. The predicted octanol–water partition coefficient (Wildman–Crippen LogP) is 3.56. The maximum Gasteiger partial charge on any atom is 0.244 e. The molecule has 0 fully saturated rings. The van der Waals surface area contributed by atoms with E-state index in [0.717, 1.165) is 27.0 Å². The van der Waals surface area contributed by atoms with Crippen molar-refractivity contribution in [1.29, 1.82) is 0 Å². The molecule has 11 heteroatoms. The van der Waals surface area contributed by atoms with Crippen molar-refractivity contribution in [2.75, 3.05) is 31.3 Å². The third kappa shape index (κ3) is 7.86. The van der Waals surface area contributed by atoms with Crippen LogP contribution in [0.4, 0.5) is 5.69 Å². The summed E-state index contributed by atoms with van der Waals surface area (Å²) in [5.41, 5.74) is 0.942. The Morgan fingerprint density at radius 1 is 1.08 bits per heavy atom. The number of hydrogen-bond acceptors (Lipinski definition) is 6. The lowest BCUT2D eigenvalue weighted by Gasteiger charge is -2.32. The molecule has 0 heterocycles. The molecule has 0 saturated carbocycles. The molecule has 2 rings (SSSR count). The molecule has 0 saturated heterocycles. The van der Waals surface area contributed by atoms with Crippen molar-refractivity contribution in [1.82, 2.24) is 10.2 Å². The Morgan fingerprint density at radius 2 is 1.78 bits per heavy atom. The van der Waals surface area contributed by atoms with E-state index in [4.69, 9.17) is 9.47 Å². The topological polar surface area (TPSA) is 105 Å². The summed E-state index contributed by atoms with van der Waals surface area (Å²) >= 11 is 3.43. The number of nitrogens with one attached hydrogen (secondary N) is 1. The van der Waals surface area contributed by atoms with Gasteiger partial charge >= 0.3 is 0 Å². The normalized spacial score (nSPS) is 12.9. The van der Waals surface area contributed by atoms with Gasteiger partial charge in [-0.1, -0.05) is 35.0 Å². The van der Waals surface area contributed by atoms with Crippen molar-refractivity contribution in [3.8, 4) is 11.5 Å². The van der Waals surface area contributed by atoms with E-state index < -0.39 is 28.5 Å². The minimum Gasteiger partial charge on any atom is -0.497 e. The molecule has 0 aliphatic rings. The Hall–Kier alpha value is -2.79. The van der Waals surface area contributed by atoms with E-state index in [-0.39, 0.29) is 29.9 Å². The lowest BCUT2D eigenvalue weighted by atomic mass is 10.1. The van der Waals surface area contributed by atoms with E-state index in [9.17, 15) is 18.0 Å². The quantitative estimate of drug-likeness (QED) is 0.409. The highest BCUT2D eigenvalue weighted by molar-refractivity contribution is 9.10. The highest BCUT2D eigenvalue weighted by Crippen LogP contribution is 2.34. The molecule has 0 radical (unpaired) electrons. The fourth-order valence-corrected chi connectivity index (χ4v) is 4.76. The van der Waals surface area contributed by atoms with Crippen molar-refractivity contribution in [2.45, 2.75) is 45.8 Å². The number of sulfonamides is 1. The lowest BCUT2D eigenvalue weighted by Crippen LogP contribution is -2.52. The number of rotatable bonds is 12. The van der Waals surface area contributed by atoms with Crippen LogP contribution in [0.3, 0.4) is 0 Å². The number of amides is 2. The van der Waals surface area contributed by atoms with Gasteiger partial charge < -0.3 is 19.7 Å². The number of carbonyl (C=O) groups is 2. The number of benzene rings is 2. The maximum absolute atomic E-state index is 13.7. The zero-order valence-corrected chi connectivity index (χ0v) is 23.9. The second-order valence-corrected chi connectivity index (χ2v) is 11.3. The SMILES string of the molecule is CC[C@@H](C)NC(=O)[C@@H](C)N(Cc1cccc(Br)c1)C(=O)CN(c1cc(OC)ccc1OC)S(C)(=O)=O. The molecule has 1 N–H and O–H groups in total. The summed E-state index contributed by atoms with van der Waals surface area (Å²) in [6.07, 6.45) is 1.74. The number of halogens is 1. The van der Waals surface area contributed by atoms with Crippen LogP contribution in [0.5, 0.6) is 11.5 Å². The molecule has 36 heavy (non-hydrogen) atoms. The van der Waals surface area contributed by atoms with Gasteiger partial charge in [0, 0.05) is 23.1 Å². The van der Waals surface area contributed by atoms with Crippen LogP contribution in [0.1, 0.15) is 32.8 Å². The van der Waals surface area contributed by atoms with Gasteiger partial charge in [0.2, 0.25) is 21.8 Å². The second-order valence-electron chi connectivity index (χ2n) is 8.45. The van der Waals surface area contributed by atoms with E-state index in [1.54, 1.807) is 19.1 Å². The summed E-state index contributed by atoms with van der Waals surface area (Å²) < 4.78 is 38.0. The molecule has 0 aliphatic heterocycles. The van der Waals surface area contributed by atoms with Crippen molar-refractivity contribution >= 4 is 43.5 Å². The fourth-order valence-electron chi connectivity index (χ4n) is 3.47. The van der Waals surface area contributed by atoms with E-state index in [0.29, 0.717) is 5.75 Å². The first kappa shape index (κ1) is 29.4. The van der Waals surface area contributed by atoms with Crippen LogP contribution < -0.4 is 19.1 Å². The Bertz CT molecular complexity index is 1170. The van der Waals surface area contributed by atoms with Gasteiger partial charge in [-0.2, -0.15) is 0 Å². The monoisotopic (exact) mass is 583 g/mol. The molecule has 0 unspecified atom stereocenters. The van der Waals surface area contributed by atoms with Gasteiger partial charge in [0.1, 0.15) is 24.1 Å². The van der Waals surface area contributed by atoms with E-state index in [1.165, 1.54) is 25.2 Å². The Kier molecular flexibility index (Phi) is 10.6. The molecular formula is C25H34BrN3O6S. The number of hydrogen-bond donors (Lipinski definition) is 1. The van der Waals surface area contributed by atoms with E-state index in [2.05, 4.69) is 21.2 Å². The molecule has 0 bridgehead atoms. The minimum absolute atomic E-state index is 0.0728. The standard InChI is InChI=1S/C25H34BrN3O6S/c1-7-17(2)27-25(31)18(3)28(15-19-9-8-10-20(26)13-19)24(30)16-29(36(6,32)33)22-14-21(34-4)11-12-23(22)35-5/h8-14,17-18H,7,15-16H2,1-6H3,(H,27,31)/t17-,18-/m1/s1. The lowest BCUT2D eigenvalue weighted by molar-refractivity contribution is -0.139. The zero-order chi connectivity index (χ0) is 27.0. The number of anilines is 1. The van der Waals surface area contributed by atoms with Gasteiger partial charge in [-0.05, 0) is 50.1 Å². The van der Waals surface area contributed by atoms with Gasteiger partial charge in [-0.3, -0.25) is 13.9 Å². The van der Waals surface area contributed by atoms with E-state index in [1.807, 2.05) is 38.1 Å². The highest BCUT2D eigenvalue weighted by atomic mass is 79.9. The largest absolute Gasteiger partial charge is 0.497 e. The summed E-state index contributed by atoms with van der Waals surface area (Å²) in [7, 11) is -1.04. The maximum atomic E-state index is 13.7. The van der Waals surface area contributed by atoms with Crippen LogP contribution >= 0.6 is 15.9 Å². The molecule has 0 spiro atoms.